The van der Waals surface area contributed by atoms with Gasteiger partial charge in [0.15, 0.2) is 9.84 Å². The van der Waals surface area contributed by atoms with Crippen molar-refractivity contribution in [2.24, 2.45) is 0 Å². The Hall–Kier alpha value is 0.596. The number of carbonyl (C=O) groups is 1. The summed E-state index contributed by atoms with van der Waals surface area (Å²) < 4.78 is 25.2. The summed E-state index contributed by atoms with van der Waals surface area (Å²) in [5, 5.41) is 11.0. The van der Waals surface area contributed by atoms with Gasteiger partial charge in [0.25, 0.3) is 0 Å². The predicted molar refractivity (Wildman–Crippen MR) is 39.6 cm³/mol. The van der Waals surface area contributed by atoms with Crippen molar-refractivity contribution < 1.29 is 74.4 Å². The van der Waals surface area contributed by atoms with E-state index < -0.39 is 21.6 Å². The fourth-order valence-electron chi connectivity index (χ4n) is 0.445. The van der Waals surface area contributed by atoms with E-state index in [0.29, 0.717) is 5.41 Å². The quantitative estimate of drug-likeness (QED) is 0.213. The maximum absolute atomic E-state index is 10.6. The molecular weight excluding hydrogens is 223 g/mol. The van der Waals surface area contributed by atoms with Gasteiger partial charge in [-0.1, -0.05) is 0 Å². The minimum absolute atomic E-state index is 0. The van der Waals surface area contributed by atoms with Crippen molar-refractivity contribution in [2.45, 2.75) is 6.92 Å². The summed E-state index contributed by atoms with van der Waals surface area (Å²) in [6.07, 6.45) is 0.824. The standard InChI is InChI=1S/C6H10O5S.K/c1-3-11-6(8)5(7)4-12(2,9)10;/h4,7H,3H2,1-2H3;/q;+1/p-1. The summed E-state index contributed by atoms with van der Waals surface area (Å²) in [7, 11) is -3.56. The van der Waals surface area contributed by atoms with E-state index in [0.717, 1.165) is 6.26 Å². The first kappa shape index (κ1) is 16.0. The van der Waals surface area contributed by atoms with Crippen LogP contribution in [-0.4, -0.2) is 27.2 Å². The van der Waals surface area contributed by atoms with Gasteiger partial charge in [-0.25, -0.2) is 13.2 Å². The molecule has 0 atom stereocenters. The minimum atomic E-state index is -3.56. The average molecular weight is 232 g/mol. The van der Waals surface area contributed by atoms with Crippen LogP contribution in [0.25, 0.3) is 0 Å². The van der Waals surface area contributed by atoms with Gasteiger partial charge in [0, 0.05) is 11.7 Å². The molecule has 0 aliphatic carbocycles. The van der Waals surface area contributed by atoms with Crippen LogP contribution in [0.3, 0.4) is 0 Å². The second-order valence-corrected chi connectivity index (χ2v) is 3.93. The predicted octanol–water partition coefficient (Wildman–Crippen LogP) is -4.20. The SMILES string of the molecule is CCOC(=O)C([O-])=CS(C)(=O)=O.[K+]. The number of carbonyl (C=O) groups excluding carboxylic acids is 1. The Kier molecular flexibility index (Phi) is 8.59. The largest absolute Gasteiger partial charge is 1.00 e. The first-order chi connectivity index (χ1) is 5.37. The van der Waals surface area contributed by atoms with Crippen LogP contribution >= 0.6 is 0 Å². The first-order valence-corrected chi connectivity index (χ1v) is 5.08. The molecule has 13 heavy (non-hydrogen) atoms. The summed E-state index contributed by atoms with van der Waals surface area (Å²) in [6, 6.07) is 0. The molecule has 5 nitrogen and oxygen atoms in total. The van der Waals surface area contributed by atoms with Crippen LogP contribution in [0, 0.1) is 0 Å². The van der Waals surface area contributed by atoms with Crippen LogP contribution in [0.5, 0.6) is 0 Å². The number of esters is 1. The Morgan fingerprint density at radius 1 is 1.54 bits per heavy atom. The number of sulfone groups is 1. The van der Waals surface area contributed by atoms with Gasteiger partial charge in [-0.15, -0.1) is 0 Å². The molecule has 0 fully saturated rings. The Morgan fingerprint density at radius 3 is 2.31 bits per heavy atom. The number of rotatable bonds is 3. The van der Waals surface area contributed by atoms with E-state index in [1.54, 1.807) is 0 Å². The number of ether oxygens (including phenoxy) is 1. The molecule has 0 saturated heterocycles. The van der Waals surface area contributed by atoms with Gasteiger partial charge in [0.05, 0.1) is 6.61 Å². The zero-order valence-electron chi connectivity index (χ0n) is 7.73. The summed E-state index contributed by atoms with van der Waals surface area (Å²) >= 11 is 0. The maximum atomic E-state index is 10.6. The van der Waals surface area contributed by atoms with E-state index >= 15 is 0 Å². The Morgan fingerprint density at radius 2 is 2.00 bits per heavy atom. The summed E-state index contributed by atoms with van der Waals surface area (Å²) in [4.78, 5) is 10.6. The van der Waals surface area contributed by atoms with E-state index in [-0.39, 0.29) is 58.0 Å². The molecule has 0 aliphatic heterocycles. The molecule has 0 spiro atoms. The fourth-order valence-corrected chi connectivity index (χ4v) is 0.930. The van der Waals surface area contributed by atoms with Gasteiger partial charge in [-0.05, 0) is 12.7 Å². The van der Waals surface area contributed by atoms with Gasteiger partial charge < -0.3 is 9.84 Å². The molecule has 0 aromatic rings. The smallest absolute Gasteiger partial charge is 0.867 e. The molecule has 0 bridgehead atoms. The average Bonchev–Trinajstić information content (AvgIpc) is 1.84. The zero-order valence-corrected chi connectivity index (χ0v) is 11.7. The molecule has 0 amide bonds. The number of hydrogen-bond acceptors (Lipinski definition) is 5. The Bertz CT molecular complexity index is 292. The summed E-state index contributed by atoms with van der Waals surface area (Å²) in [5.41, 5.74) is 0. The second-order valence-electron chi connectivity index (χ2n) is 2.03. The van der Waals surface area contributed by atoms with E-state index in [4.69, 9.17) is 0 Å². The molecular formula is C6H9KO5S. The minimum Gasteiger partial charge on any atom is -0.867 e. The van der Waals surface area contributed by atoms with Crippen molar-refractivity contribution in [3.8, 4) is 0 Å². The molecule has 0 radical (unpaired) electrons. The van der Waals surface area contributed by atoms with Gasteiger partial charge in [0.1, 0.15) is 0 Å². The topological polar surface area (TPSA) is 83.5 Å². The van der Waals surface area contributed by atoms with Crippen LogP contribution in [0.4, 0.5) is 0 Å². The van der Waals surface area contributed by atoms with Crippen molar-refractivity contribution in [1.29, 1.82) is 0 Å². The molecule has 0 aromatic carbocycles. The van der Waals surface area contributed by atoms with Crippen molar-refractivity contribution in [3.05, 3.63) is 11.2 Å². The van der Waals surface area contributed by atoms with E-state index in [9.17, 15) is 18.3 Å². The van der Waals surface area contributed by atoms with Gasteiger partial charge in [0.2, 0.25) is 0 Å². The van der Waals surface area contributed by atoms with Crippen LogP contribution in [0.15, 0.2) is 11.2 Å². The molecule has 0 N–H and O–H groups in total. The third-order valence-electron chi connectivity index (χ3n) is 0.798. The molecule has 70 valence electrons. The van der Waals surface area contributed by atoms with Crippen molar-refractivity contribution in [3.63, 3.8) is 0 Å². The monoisotopic (exact) mass is 232 g/mol. The third-order valence-corrected chi connectivity index (χ3v) is 1.44. The van der Waals surface area contributed by atoms with Gasteiger partial charge in [-0.3, -0.25) is 0 Å². The second kappa shape index (κ2) is 6.96. The zero-order chi connectivity index (χ0) is 9.78. The molecule has 0 aromatic heterocycles. The van der Waals surface area contributed by atoms with Gasteiger partial charge >= 0.3 is 57.4 Å². The van der Waals surface area contributed by atoms with E-state index in [2.05, 4.69) is 4.74 Å². The van der Waals surface area contributed by atoms with Crippen LogP contribution in [0.2, 0.25) is 0 Å². The Balaban J connectivity index is 0. The van der Waals surface area contributed by atoms with Crippen LogP contribution in [0.1, 0.15) is 6.92 Å². The fraction of sp³-hybridized carbons (Fsp3) is 0.500. The summed E-state index contributed by atoms with van der Waals surface area (Å²) in [5.74, 6) is -2.30. The van der Waals surface area contributed by atoms with E-state index in [1.165, 1.54) is 6.92 Å². The van der Waals surface area contributed by atoms with Gasteiger partial charge in [-0.2, -0.15) is 0 Å². The van der Waals surface area contributed by atoms with Crippen LogP contribution in [-0.2, 0) is 19.4 Å². The van der Waals surface area contributed by atoms with E-state index in [1.807, 2.05) is 0 Å². The molecule has 0 aliphatic rings. The molecule has 0 rings (SSSR count). The van der Waals surface area contributed by atoms with Crippen molar-refractivity contribution >= 4 is 15.8 Å². The van der Waals surface area contributed by atoms with Crippen LogP contribution < -0.4 is 56.5 Å². The third kappa shape index (κ3) is 8.91. The normalized spacial score (nSPS) is 11.7. The first-order valence-electron chi connectivity index (χ1n) is 3.12. The molecule has 7 heteroatoms. The molecule has 0 saturated carbocycles. The molecule has 0 unspecified atom stereocenters. The number of hydrogen-bond donors (Lipinski definition) is 0. The summed E-state index contributed by atoms with van der Waals surface area (Å²) in [6.45, 7) is 1.56. The Labute approximate surface area is 119 Å². The maximum Gasteiger partial charge on any atom is 1.00 e. The molecule has 0 heterocycles. The van der Waals surface area contributed by atoms with Crippen molar-refractivity contribution in [2.75, 3.05) is 12.9 Å². The van der Waals surface area contributed by atoms with Crippen molar-refractivity contribution in [1.82, 2.24) is 0 Å².